The zero-order valence-corrected chi connectivity index (χ0v) is 10.4. The summed E-state index contributed by atoms with van der Waals surface area (Å²) in [7, 11) is -2.29. The van der Waals surface area contributed by atoms with Gasteiger partial charge < -0.3 is 9.88 Å². The Kier molecular flexibility index (Phi) is 6.10. The van der Waals surface area contributed by atoms with Crippen LogP contribution in [0.15, 0.2) is 12.4 Å². The van der Waals surface area contributed by atoms with Crippen LogP contribution in [0.5, 0.6) is 0 Å². The van der Waals surface area contributed by atoms with E-state index >= 15 is 0 Å². The highest BCUT2D eigenvalue weighted by molar-refractivity contribution is 7.72. The molecule has 92 valence electrons. The van der Waals surface area contributed by atoms with E-state index in [2.05, 4.69) is 21.8 Å². The van der Waals surface area contributed by atoms with E-state index in [1.165, 1.54) is 0 Å². The van der Waals surface area contributed by atoms with Gasteiger partial charge in [-0.25, -0.2) is 13.4 Å². The molecule has 5 nitrogen and oxygen atoms in total. The molecule has 1 N–H and O–H groups in total. The number of nitrogens with zero attached hydrogens (tertiary/aromatic N) is 2. The lowest BCUT2D eigenvalue weighted by atomic mass is 10.3. The second-order valence-corrected chi connectivity index (χ2v) is 4.57. The van der Waals surface area contributed by atoms with E-state index in [-0.39, 0.29) is 5.88 Å². The van der Waals surface area contributed by atoms with E-state index in [4.69, 9.17) is 0 Å². The average molecular weight is 245 g/mol. The fourth-order valence-electron chi connectivity index (χ4n) is 1.56. The number of thiol groups is 1. The Balaban J connectivity index is 2.11. The van der Waals surface area contributed by atoms with Gasteiger partial charge in [-0.3, -0.25) is 0 Å². The van der Waals surface area contributed by atoms with Crippen LogP contribution in [0.1, 0.15) is 25.6 Å². The third-order valence-corrected chi connectivity index (χ3v) is 2.84. The highest BCUT2D eigenvalue weighted by Gasteiger charge is 1.98. The second-order valence-electron chi connectivity index (χ2n) is 3.59. The van der Waals surface area contributed by atoms with E-state index in [0.29, 0.717) is 0 Å². The van der Waals surface area contributed by atoms with Crippen molar-refractivity contribution in [3.63, 3.8) is 0 Å². The Morgan fingerprint density at radius 3 is 2.94 bits per heavy atom. The molecule has 0 spiro atoms. The number of rotatable bonds is 8. The van der Waals surface area contributed by atoms with E-state index in [0.717, 1.165) is 38.2 Å². The lowest BCUT2D eigenvalue weighted by Gasteiger charge is -2.06. The quantitative estimate of drug-likeness (QED) is 0.513. The van der Waals surface area contributed by atoms with Gasteiger partial charge in [0, 0.05) is 25.4 Å². The highest BCUT2D eigenvalue weighted by Crippen LogP contribution is 2.01. The number of aryl methyl sites for hydroxylation is 2. The number of aromatic nitrogens is 2. The fourth-order valence-corrected chi connectivity index (χ4v) is 1.90. The summed E-state index contributed by atoms with van der Waals surface area (Å²) in [5.74, 6) is 1.19. The maximum atomic E-state index is 10.3. The number of hydrogen-bond acceptors (Lipinski definition) is 4. The molecule has 0 bridgehead atoms. The third kappa shape index (κ3) is 4.76. The van der Waals surface area contributed by atoms with Gasteiger partial charge in [0.1, 0.15) is 5.82 Å². The number of unbranched alkanes of at least 4 members (excludes halogenated alkanes) is 1. The molecule has 0 amide bonds. The van der Waals surface area contributed by atoms with Gasteiger partial charge in [0.2, 0.25) is 0 Å². The van der Waals surface area contributed by atoms with Gasteiger partial charge in [0.25, 0.3) is 0 Å². The minimum Gasteiger partial charge on any atom is -0.335 e. The predicted molar refractivity (Wildman–Crippen MR) is 64.0 cm³/mol. The van der Waals surface area contributed by atoms with Crippen molar-refractivity contribution in [3.05, 3.63) is 18.2 Å². The molecule has 0 fully saturated rings. The Hall–Kier alpha value is -0.880. The maximum Gasteiger partial charge on any atom is 0.153 e. The molecule has 0 atom stereocenters. The van der Waals surface area contributed by atoms with Crippen LogP contribution >= 0.6 is 0 Å². The van der Waals surface area contributed by atoms with Crippen LogP contribution < -0.4 is 5.32 Å². The van der Waals surface area contributed by atoms with Crippen molar-refractivity contribution in [2.75, 3.05) is 12.4 Å². The minimum absolute atomic E-state index is 0.0839. The molecule has 0 saturated carbocycles. The van der Waals surface area contributed by atoms with Gasteiger partial charge in [-0.2, -0.15) is 0 Å². The SMILES string of the molecule is CCc1nccn1CCCCNC[SH](=O)=O. The maximum absolute atomic E-state index is 10.3. The summed E-state index contributed by atoms with van der Waals surface area (Å²) in [4.78, 5) is 4.24. The Morgan fingerprint density at radius 2 is 2.25 bits per heavy atom. The molecule has 0 unspecified atom stereocenters. The summed E-state index contributed by atoms with van der Waals surface area (Å²) in [5, 5.41) is 2.87. The zero-order valence-electron chi connectivity index (χ0n) is 9.56. The topological polar surface area (TPSA) is 64.0 Å². The van der Waals surface area contributed by atoms with Crippen molar-refractivity contribution >= 4 is 10.7 Å². The van der Waals surface area contributed by atoms with Gasteiger partial charge in [0.05, 0.1) is 5.88 Å². The largest absolute Gasteiger partial charge is 0.335 e. The first-order valence-electron chi connectivity index (χ1n) is 5.56. The average Bonchev–Trinajstić information content (AvgIpc) is 2.70. The molecule has 16 heavy (non-hydrogen) atoms. The molecule has 0 aromatic carbocycles. The fraction of sp³-hybridized carbons (Fsp3) is 0.700. The highest BCUT2D eigenvalue weighted by atomic mass is 32.2. The van der Waals surface area contributed by atoms with Gasteiger partial charge in [-0.1, -0.05) is 6.92 Å². The molecule has 0 radical (unpaired) electrons. The Morgan fingerprint density at radius 1 is 1.44 bits per heavy atom. The lowest BCUT2D eigenvalue weighted by molar-refractivity contribution is 0.564. The Labute approximate surface area is 97.8 Å². The zero-order chi connectivity index (χ0) is 11.8. The summed E-state index contributed by atoms with van der Waals surface area (Å²) < 4.78 is 22.7. The first-order chi connectivity index (χ1) is 7.74. The van der Waals surface area contributed by atoms with Gasteiger partial charge in [-0.05, 0) is 19.4 Å². The first kappa shape index (κ1) is 13.2. The monoisotopic (exact) mass is 245 g/mol. The van der Waals surface area contributed by atoms with Crippen molar-refractivity contribution < 1.29 is 8.42 Å². The molecule has 0 aliphatic rings. The smallest absolute Gasteiger partial charge is 0.153 e. The number of imidazole rings is 1. The van der Waals surface area contributed by atoms with E-state index in [9.17, 15) is 8.42 Å². The third-order valence-electron chi connectivity index (χ3n) is 2.36. The van der Waals surface area contributed by atoms with Crippen LogP contribution in [0.3, 0.4) is 0 Å². The van der Waals surface area contributed by atoms with Crippen molar-refractivity contribution in [2.45, 2.75) is 32.7 Å². The van der Waals surface area contributed by atoms with Crippen molar-refractivity contribution in [3.8, 4) is 0 Å². The molecule has 0 aliphatic carbocycles. The van der Waals surface area contributed by atoms with Crippen LogP contribution in [0.25, 0.3) is 0 Å². The van der Waals surface area contributed by atoms with Crippen molar-refractivity contribution in [1.29, 1.82) is 0 Å². The van der Waals surface area contributed by atoms with Gasteiger partial charge in [-0.15, -0.1) is 0 Å². The van der Waals surface area contributed by atoms with Gasteiger partial charge in [0.15, 0.2) is 10.7 Å². The molecule has 1 aromatic rings. The summed E-state index contributed by atoms with van der Waals surface area (Å²) in [6, 6.07) is 0. The summed E-state index contributed by atoms with van der Waals surface area (Å²) in [5.41, 5.74) is 0. The lowest BCUT2D eigenvalue weighted by Crippen LogP contribution is -2.18. The normalized spacial score (nSPS) is 11.1. The van der Waals surface area contributed by atoms with Crippen molar-refractivity contribution in [1.82, 2.24) is 14.9 Å². The Bertz CT molecular complexity index is 366. The molecule has 0 aliphatic heterocycles. The molecule has 0 saturated heterocycles. The standard InChI is InChI=1S/C10H19N3O2S/c1-2-10-12-6-8-13(10)7-4-3-5-11-9-16(14)15/h6,8,11,16H,2-5,7,9H2,1H3. The van der Waals surface area contributed by atoms with E-state index in [1.807, 2.05) is 12.4 Å². The van der Waals surface area contributed by atoms with Crippen molar-refractivity contribution in [2.24, 2.45) is 0 Å². The van der Waals surface area contributed by atoms with E-state index < -0.39 is 10.7 Å². The van der Waals surface area contributed by atoms with Crippen LogP contribution in [0.4, 0.5) is 0 Å². The number of hydrogen-bond donors (Lipinski definition) is 2. The molecule has 1 rings (SSSR count). The summed E-state index contributed by atoms with van der Waals surface area (Å²) in [6.07, 6.45) is 6.76. The molecule has 1 aromatic heterocycles. The molecule has 1 heterocycles. The second kappa shape index (κ2) is 7.40. The number of nitrogens with one attached hydrogen (secondary N) is 1. The first-order valence-corrected chi connectivity index (χ1v) is 6.93. The van der Waals surface area contributed by atoms with E-state index in [1.54, 1.807) is 0 Å². The molecule has 6 heteroatoms. The van der Waals surface area contributed by atoms with Crippen LogP contribution in [-0.4, -0.2) is 30.4 Å². The summed E-state index contributed by atoms with van der Waals surface area (Å²) in [6.45, 7) is 3.79. The molecular weight excluding hydrogens is 226 g/mol. The predicted octanol–water partition coefficient (Wildman–Crippen LogP) is 0.384. The van der Waals surface area contributed by atoms with Crippen LogP contribution in [-0.2, 0) is 23.7 Å². The van der Waals surface area contributed by atoms with Crippen LogP contribution in [0.2, 0.25) is 0 Å². The summed E-state index contributed by atoms with van der Waals surface area (Å²) >= 11 is 0. The molecular formula is C10H19N3O2S. The van der Waals surface area contributed by atoms with Gasteiger partial charge >= 0.3 is 0 Å². The van der Waals surface area contributed by atoms with Crippen LogP contribution in [0, 0.1) is 0 Å². The minimum atomic E-state index is -2.29.